The molecule has 0 saturated carbocycles. The summed E-state index contributed by atoms with van der Waals surface area (Å²) in [5.41, 5.74) is 0.744. The molecule has 0 spiro atoms. The molecule has 2 aromatic carbocycles. The van der Waals surface area contributed by atoms with Gasteiger partial charge < -0.3 is 18.8 Å². The lowest BCUT2D eigenvalue weighted by Crippen LogP contribution is -2.30. The van der Waals surface area contributed by atoms with Crippen molar-refractivity contribution < 1.29 is 18.8 Å². The highest BCUT2D eigenvalue weighted by atomic mass is 35.5. The van der Waals surface area contributed by atoms with Crippen LogP contribution < -0.4 is 0 Å². The first-order chi connectivity index (χ1) is 13.1. The van der Waals surface area contributed by atoms with E-state index < -0.39 is 11.1 Å². The van der Waals surface area contributed by atoms with Gasteiger partial charge in [0.1, 0.15) is 11.1 Å². The van der Waals surface area contributed by atoms with E-state index in [9.17, 15) is 0 Å². The Labute approximate surface area is 172 Å². The van der Waals surface area contributed by atoms with Crippen LogP contribution in [0.4, 0.5) is 0 Å². The van der Waals surface area contributed by atoms with Gasteiger partial charge in [-0.1, -0.05) is 83.9 Å². The third-order valence-corrected chi connectivity index (χ3v) is 4.74. The highest BCUT2D eigenvalue weighted by Gasteiger charge is 2.20. The Bertz CT molecular complexity index is 577. The molecule has 4 nitrogen and oxygen atoms in total. The largest absolute Gasteiger partial charge is 0.490 e. The zero-order valence-corrected chi connectivity index (χ0v) is 17.0. The number of halogens is 2. The van der Waals surface area contributed by atoms with Crippen molar-refractivity contribution in [1.82, 2.24) is 0 Å². The number of benzene rings is 2. The zero-order valence-electron chi connectivity index (χ0n) is 15.5. The van der Waals surface area contributed by atoms with Gasteiger partial charge >= 0.3 is 7.69 Å². The molecular weight excluding hydrogens is 386 g/mol. The fraction of sp³-hybridized carbons (Fsp3) is 0.400. The van der Waals surface area contributed by atoms with Gasteiger partial charge in [0.2, 0.25) is 0 Å². The minimum atomic E-state index is -0.696. The van der Waals surface area contributed by atoms with Gasteiger partial charge in [-0.15, -0.1) is 0 Å². The molecule has 0 amide bonds. The van der Waals surface area contributed by atoms with Gasteiger partial charge in [0.25, 0.3) is 0 Å². The molecule has 27 heavy (non-hydrogen) atoms. The first kappa shape index (κ1) is 22.2. The van der Waals surface area contributed by atoms with Gasteiger partial charge in [0, 0.05) is 0 Å². The highest BCUT2D eigenvalue weighted by Crippen LogP contribution is 2.14. The van der Waals surface area contributed by atoms with E-state index in [1.807, 2.05) is 74.5 Å². The maximum Gasteiger partial charge on any atom is 0.490 e. The molecule has 1 radical (unpaired) electrons. The second kappa shape index (κ2) is 12.4. The zero-order chi connectivity index (χ0) is 19.5. The minimum Gasteiger partial charge on any atom is -0.395 e. The molecule has 4 atom stereocenters. The number of ether oxygens (including phenoxy) is 2. The quantitative estimate of drug-likeness (QED) is 0.369. The van der Waals surface area contributed by atoms with Crippen LogP contribution in [0.15, 0.2) is 60.7 Å². The average molecular weight is 410 g/mol. The number of hydrogen-bond donors (Lipinski definition) is 0. The molecule has 0 aliphatic rings. The van der Waals surface area contributed by atoms with Crippen molar-refractivity contribution in [2.45, 2.75) is 50.4 Å². The Morgan fingerprint density at radius 2 is 1.07 bits per heavy atom. The molecular formula is C20H24BCl2O4. The van der Waals surface area contributed by atoms with Gasteiger partial charge in [-0.2, -0.15) is 0 Å². The monoisotopic (exact) mass is 409 g/mol. The van der Waals surface area contributed by atoms with Gasteiger partial charge in [-0.25, -0.2) is 0 Å². The fourth-order valence-electron chi connectivity index (χ4n) is 2.11. The minimum absolute atomic E-state index is 0.327. The van der Waals surface area contributed by atoms with E-state index in [1.54, 1.807) is 0 Å². The molecule has 0 heterocycles. The Morgan fingerprint density at radius 1 is 0.704 bits per heavy atom. The first-order valence-corrected chi connectivity index (χ1v) is 9.65. The molecule has 0 fully saturated rings. The topological polar surface area (TPSA) is 36.9 Å². The van der Waals surface area contributed by atoms with Crippen molar-refractivity contribution in [3.05, 3.63) is 71.8 Å². The van der Waals surface area contributed by atoms with E-state index in [2.05, 4.69) is 0 Å². The summed E-state index contributed by atoms with van der Waals surface area (Å²) in [4.78, 5) is 0. The van der Waals surface area contributed by atoms with Crippen LogP contribution in [-0.2, 0) is 32.0 Å². The van der Waals surface area contributed by atoms with Crippen LogP contribution in [0, 0.1) is 0 Å². The predicted molar refractivity (Wildman–Crippen MR) is 109 cm³/mol. The molecule has 0 bridgehead atoms. The van der Waals surface area contributed by atoms with E-state index in [-0.39, 0.29) is 12.2 Å². The standard InChI is InChI=1S/C20H24BCl2O4/c1-15(24-13-17-9-5-3-6-10-17)19(22)26-21-27-20(23)16(2)25-14-18-11-7-4-8-12-18/h3-12,15-16,19-20H,13-14H2,1-2H3. The fourth-order valence-corrected chi connectivity index (χ4v) is 2.34. The second-order valence-electron chi connectivity index (χ2n) is 6.07. The summed E-state index contributed by atoms with van der Waals surface area (Å²) in [6.45, 7) is 4.58. The lowest BCUT2D eigenvalue weighted by molar-refractivity contribution is -0.0161. The predicted octanol–water partition coefficient (Wildman–Crippen LogP) is 4.89. The van der Waals surface area contributed by atoms with Gasteiger partial charge in [-0.05, 0) is 25.0 Å². The third-order valence-electron chi connectivity index (χ3n) is 3.82. The van der Waals surface area contributed by atoms with Crippen molar-refractivity contribution in [3.63, 3.8) is 0 Å². The lowest BCUT2D eigenvalue weighted by Gasteiger charge is -2.22. The average Bonchev–Trinajstić information content (AvgIpc) is 2.71. The Hall–Kier alpha value is -1.08. The summed E-state index contributed by atoms with van der Waals surface area (Å²) < 4.78 is 22.0. The second-order valence-corrected chi connectivity index (χ2v) is 6.93. The molecule has 7 heteroatoms. The highest BCUT2D eigenvalue weighted by molar-refractivity contribution is 6.27. The summed E-state index contributed by atoms with van der Waals surface area (Å²) in [7, 11) is 1.14. The summed E-state index contributed by atoms with van der Waals surface area (Å²) in [6.07, 6.45) is -0.653. The number of hydrogen-bond acceptors (Lipinski definition) is 4. The van der Waals surface area contributed by atoms with Crippen LogP contribution in [-0.4, -0.2) is 31.0 Å². The summed E-state index contributed by atoms with van der Waals surface area (Å²) in [6, 6.07) is 19.7. The molecule has 0 aromatic heterocycles. The van der Waals surface area contributed by atoms with Crippen LogP contribution in [0.5, 0.6) is 0 Å². The van der Waals surface area contributed by atoms with Crippen molar-refractivity contribution in [2.24, 2.45) is 0 Å². The van der Waals surface area contributed by atoms with Crippen molar-refractivity contribution >= 4 is 30.9 Å². The maximum atomic E-state index is 6.17. The molecule has 4 unspecified atom stereocenters. The smallest absolute Gasteiger partial charge is 0.395 e. The Kier molecular flexibility index (Phi) is 10.2. The van der Waals surface area contributed by atoms with Gasteiger partial charge in [0.15, 0.2) is 0 Å². The number of alkyl halides is 2. The van der Waals surface area contributed by atoms with Crippen molar-refractivity contribution in [1.29, 1.82) is 0 Å². The molecule has 0 aliphatic carbocycles. The van der Waals surface area contributed by atoms with Crippen molar-refractivity contribution in [2.75, 3.05) is 0 Å². The number of rotatable bonds is 12. The third kappa shape index (κ3) is 8.65. The van der Waals surface area contributed by atoms with Gasteiger partial charge in [-0.3, -0.25) is 0 Å². The van der Waals surface area contributed by atoms with E-state index >= 15 is 0 Å². The van der Waals surface area contributed by atoms with E-state index in [4.69, 9.17) is 42.0 Å². The van der Waals surface area contributed by atoms with E-state index in [1.165, 1.54) is 0 Å². The molecule has 0 N–H and O–H groups in total. The summed E-state index contributed by atoms with van der Waals surface area (Å²) >= 11 is 12.3. The van der Waals surface area contributed by atoms with Crippen LogP contribution in [0.1, 0.15) is 25.0 Å². The lowest BCUT2D eigenvalue weighted by atomic mass is 10.2. The SMILES string of the molecule is CC(OCc1ccccc1)C(Cl)O[B]OC(Cl)C(C)OCc1ccccc1. The normalized spacial score (nSPS) is 15.7. The molecule has 2 rings (SSSR count). The first-order valence-electron chi connectivity index (χ1n) is 8.78. The molecule has 2 aromatic rings. The molecule has 145 valence electrons. The van der Waals surface area contributed by atoms with Crippen LogP contribution in [0.25, 0.3) is 0 Å². The Morgan fingerprint density at radius 3 is 1.44 bits per heavy atom. The van der Waals surface area contributed by atoms with Crippen LogP contribution in [0.3, 0.4) is 0 Å². The van der Waals surface area contributed by atoms with Crippen LogP contribution >= 0.6 is 23.2 Å². The van der Waals surface area contributed by atoms with E-state index in [0.29, 0.717) is 13.2 Å². The summed E-state index contributed by atoms with van der Waals surface area (Å²) in [5.74, 6) is 0. The molecule has 0 aliphatic heterocycles. The van der Waals surface area contributed by atoms with Gasteiger partial charge in [0.05, 0.1) is 25.4 Å². The molecule has 0 saturated heterocycles. The van der Waals surface area contributed by atoms with E-state index in [0.717, 1.165) is 18.8 Å². The maximum absolute atomic E-state index is 6.17. The van der Waals surface area contributed by atoms with Crippen LogP contribution in [0.2, 0.25) is 0 Å². The Balaban J connectivity index is 1.60. The van der Waals surface area contributed by atoms with Crippen molar-refractivity contribution in [3.8, 4) is 0 Å². The summed E-state index contributed by atoms with van der Waals surface area (Å²) in [5, 5.41) is 0.